The van der Waals surface area contributed by atoms with Crippen LogP contribution in [0.2, 0.25) is 0 Å². The van der Waals surface area contributed by atoms with E-state index in [4.69, 9.17) is 0 Å². The molecule has 0 spiro atoms. The SMILES string of the molecule is BC1(NC=O)CCCCCCCC1. The lowest BCUT2D eigenvalue weighted by Crippen LogP contribution is -2.45. The van der Waals surface area contributed by atoms with Crippen molar-refractivity contribution >= 4 is 14.3 Å². The van der Waals surface area contributed by atoms with Crippen molar-refractivity contribution in [2.45, 2.75) is 56.8 Å². The molecule has 2 nitrogen and oxygen atoms in total. The van der Waals surface area contributed by atoms with Crippen LogP contribution in [0, 0.1) is 0 Å². The Morgan fingerprint density at radius 2 is 1.46 bits per heavy atom. The Hall–Kier alpha value is -0.465. The Bertz CT molecular complexity index is 151. The van der Waals surface area contributed by atoms with Gasteiger partial charge in [-0.25, -0.2) is 0 Å². The first-order valence-corrected chi connectivity index (χ1v) is 5.48. The molecule has 1 aliphatic rings. The Morgan fingerprint density at radius 1 is 1.00 bits per heavy atom. The summed E-state index contributed by atoms with van der Waals surface area (Å²) in [5, 5.41) is 2.98. The van der Waals surface area contributed by atoms with Gasteiger partial charge in [-0.05, 0) is 12.8 Å². The number of rotatable bonds is 2. The van der Waals surface area contributed by atoms with E-state index in [1.54, 1.807) is 0 Å². The Morgan fingerprint density at radius 3 is 1.92 bits per heavy atom. The fourth-order valence-corrected chi connectivity index (χ4v) is 2.15. The minimum Gasteiger partial charge on any atom is -0.361 e. The zero-order valence-electron chi connectivity index (χ0n) is 8.64. The van der Waals surface area contributed by atoms with Crippen molar-refractivity contribution < 1.29 is 4.79 Å². The topological polar surface area (TPSA) is 29.1 Å². The maximum Gasteiger partial charge on any atom is 0.206 e. The second-order valence-corrected chi connectivity index (χ2v) is 4.44. The van der Waals surface area contributed by atoms with Crippen LogP contribution in [0.5, 0.6) is 0 Å². The van der Waals surface area contributed by atoms with Gasteiger partial charge in [-0.15, -0.1) is 0 Å². The van der Waals surface area contributed by atoms with Crippen LogP contribution < -0.4 is 5.32 Å². The van der Waals surface area contributed by atoms with E-state index in [0.29, 0.717) is 0 Å². The number of hydrogen-bond donors (Lipinski definition) is 1. The molecular weight excluding hydrogens is 161 g/mol. The van der Waals surface area contributed by atoms with Crippen LogP contribution in [0.25, 0.3) is 0 Å². The predicted octanol–water partition coefficient (Wildman–Crippen LogP) is 1.20. The van der Waals surface area contributed by atoms with Crippen molar-refractivity contribution in [3.05, 3.63) is 0 Å². The fraction of sp³-hybridized carbons (Fsp3) is 0.900. The molecule has 3 heteroatoms. The van der Waals surface area contributed by atoms with E-state index in [9.17, 15) is 4.79 Å². The molecule has 1 rings (SSSR count). The van der Waals surface area contributed by atoms with Crippen LogP contribution in [0.15, 0.2) is 0 Å². The first-order valence-electron chi connectivity index (χ1n) is 5.48. The molecule has 0 heterocycles. The first-order chi connectivity index (χ1) is 6.27. The molecular formula is C10H20BNO. The molecule has 1 fully saturated rings. The molecule has 1 saturated carbocycles. The summed E-state index contributed by atoms with van der Waals surface area (Å²) in [6.07, 6.45) is 11.1. The lowest BCUT2D eigenvalue weighted by Gasteiger charge is -2.28. The second-order valence-electron chi connectivity index (χ2n) is 4.44. The summed E-state index contributed by atoms with van der Waals surface area (Å²) >= 11 is 0. The molecule has 0 atom stereocenters. The molecule has 1 amide bonds. The van der Waals surface area contributed by atoms with Crippen LogP contribution >= 0.6 is 0 Å². The molecule has 0 bridgehead atoms. The third-order valence-electron chi connectivity index (χ3n) is 3.11. The molecule has 13 heavy (non-hydrogen) atoms. The Kier molecular flexibility index (Phi) is 4.33. The standard InChI is InChI=1S/C10H20BNO/c11-10(12-9-13)7-5-3-1-2-4-6-8-10/h9H,1-8,11H2,(H,12,13). The summed E-state index contributed by atoms with van der Waals surface area (Å²) in [7, 11) is 2.17. The highest BCUT2D eigenvalue weighted by atomic mass is 16.1. The van der Waals surface area contributed by atoms with Crippen molar-refractivity contribution in [3.63, 3.8) is 0 Å². The van der Waals surface area contributed by atoms with Gasteiger partial charge in [-0.3, -0.25) is 4.79 Å². The molecule has 0 aliphatic heterocycles. The van der Waals surface area contributed by atoms with Gasteiger partial charge in [0.2, 0.25) is 6.41 Å². The monoisotopic (exact) mass is 181 g/mol. The lowest BCUT2D eigenvalue weighted by molar-refractivity contribution is -0.110. The molecule has 0 aromatic carbocycles. The summed E-state index contributed by atoms with van der Waals surface area (Å²) in [6, 6.07) is 0. The minimum absolute atomic E-state index is 0.0755. The van der Waals surface area contributed by atoms with Crippen LogP contribution in [0.3, 0.4) is 0 Å². The summed E-state index contributed by atoms with van der Waals surface area (Å²) in [5.74, 6) is 0. The van der Waals surface area contributed by atoms with Gasteiger partial charge >= 0.3 is 0 Å². The summed E-state index contributed by atoms with van der Waals surface area (Å²) in [6.45, 7) is 0. The van der Waals surface area contributed by atoms with Crippen molar-refractivity contribution in [2.75, 3.05) is 0 Å². The van der Waals surface area contributed by atoms with E-state index in [2.05, 4.69) is 13.2 Å². The molecule has 1 aliphatic carbocycles. The van der Waals surface area contributed by atoms with Crippen molar-refractivity contribution in [3.8, 4) is 0 Å². The number of carbonyl (C=O) groups excluding carboxylic acids is 1. The lowest BCUT2D eigenvalue weighted by atomic mass is 9.71. The predicted molar refractivity (Wildman–Crippen MR) is 57.4 cm³/mol. The fourth-order valence-electron chi connectivity index (χ4n) is 2.15. The first kappa shape index (κ1) is 10.6. The highest BCUT2D eigenvalue weighted by Gasteiger charge is 2.22. The molecule has 0 unspecified atom stereocenters. The third-order valence-corrected chi connectivity index (χ3v) is 3.11. The van der Waals surface area contributed by atoms with Gasteiger partial charge in [-0.2, -0.15) is 0 Å². The maximum absolute atomic E-state index is 10.5. The Labute approximate surface area is 81.9 Å². The zero-order valence-corrected chi connectivity index (χ0v) is 8.64. The van der Waals surface area contributed by atoms with Crippen LogP contribution in [0.1, 0.15) is 51.4 Å². The smallest absolute Gasteiger partial charge is 0.206 e. The summed E-state index contributed by atoms with van der Waals surface area (Å²) in [5.41, 5.74) is 0.0755. The highest BCUT2D eigenvalue weighted by molar-refractivity contribution is 6.16. The highest BCUT2D eigenvalue weighted by Crippen LogP contribution is 2.22. The van der Waals surface area contributed by atoms with E-state index in [-0.39, 0.29) is 5.44 Å². The average Bonchev–Trinajstić information content (AvgIpc) is 2.18. The summed E-state index contributed by atoms with van der Waals surface area (Å²) < 4.78 is 0. The van der Waals surface area contributed by atoms with E-state index in [1.165, 1.54) is 38.5 Å². The number of hydrogen-bond acceptors (Lipinski definition) is 1. The van der Waals surface area contributed by atoms with Crippen LogP contribution in [-0.4, -0.2) is 19.7 Å². The van der Waals surface area contributed by atoms with Gasteiger partial charge < -0.3 is 5.32 Å². The van der Waals surface area contributed by atoms with Crippen LogP contribution in [-0.2, 0) is 4.79 Å². The van der Waals surface area contributed by atoms with E-state index >= 15 is 0 Å². The number of amides is 1. The molecule has 1 N–H and O–H groups in total. The molecule has 0 aromatic heterocycles. The van der Waals surface area contributed by atoms with Gasteiger partial charge in [0.15, 0.2) is 0 Å². The normalized spacial score (nSPS) is 23.7. The summed E-state index contributed by atoms with van der Waals surface area (Å²) in [4.78, 5) is 10.5. The second kappa shape index (κ2) is 5.30. The zero-order chi connectivity index (χ0) is 9.57. The maximum atomic E-state index is 10.5. The number of carbonyl (C=O) groups is 1. The minimum atomic E-state index is 0.0755. The van der Waals surface area contributed by atoms with E-state index in [1.807, 2.05) is 0 Å². The average molecular weight is 181 g/mol. The van der Waals surface area contributed by atoms with E-state index in [0.717, 1.165) is 19.3 Å². The molecule has 74 valence electrons. The van der Waals surface area contributed by atoms with E-state index < -0.39 is 0 Å². The molecule has 0 aromatic rings. The number of nitrogens with one attached hydrogen (secondary N) is 1. The van der Waals surface area contributed by atoms with Gasteiger partial charge in [0.25, 0.3) is 0 Å². The van der Waals surface area contributed by atoms with Gasteiger partial charge in [-0.1, -0.05) is 38.5 Å². The largest absolute Gasteiger partial charge is 0.361 e. The molecule has 0 radical (unpaired) electrons. The van der Waals surface area contributed by atoms with Crippen LogP contribution in [0.4, 0.5) is 0 Å². The quantitative estimate of drug-likeness (QED) is 0.503. The van der Waals surface area contributed by atoms with Crippen molar-refractivity contribution in [1.82, 2.24) is 5.32 Å². The van der Waals surface area contributed by atoms with Crippen molar-refractivity contribution in [2.24, 2.45) is 0 Å². The van der Waals surface area contributed by atoms with Gasteiger partial charge in [0.1, 0.15) is 7.85 Å². The van der Waals surface area contributed by atoms with Gasteiger partial charge in [0.05, 0.1) is 0 Å². The van der Waals surface area contributed by atoms with Gasteiger partial charge in [0, 0.05) is 5.44 Å². The van der Waals surface area contributed by atoms with Crippen molar-refractivity contribution in [1.29, 1.82) is 0 Å². The third kappa shape index (κ3) is 3.84. The Balaban J connectivity index is 2.43. The molecule has 0 saturated heterocycles.